The summed E-state index contributed by atoms with van der Waals surface area (Å²) in [5.41, 5.74) is 0.200. The van der Waals surface area contributed by atoms with Gasteiger partial charge in [-0.3, -0.25) is 9.59 Å². The SMILES string of the molecule is O=C1CN(C(=O)c2ccnnc2)C(C(=O)O)CN1. The van der Waals surface area contributed by atoms with Gasteiger partial charge in [0.15, 0.2) is 0 Å². The van der Waals surface area contributed by atoms with Gasteiger partial charge in [-0.25, -0.2) is 4.79 Å². The van der Waals surface area contributed by atoms with E-state index in [1.807, 2.05) is 0 Å². The number of hydrogen-bond acceptors (Lipinski definition) is 5. The Bertz CT molecular complexity index is 490. The molecule has 0 bridgehead atoms. The third-order valence-electron chi connectivity index (χ3n) is 2.56. The molecule has 1 fully saturated rings. The number of carboxylic acids is 1. The summed E-state index contributed by atoms with van der Waals surface area (Å²) in [6.45, 7) is -0.378. The van der Waals surface area contributed by atoms with E-state index in [4.69, 9.17) is 5.11 Å². The standard InChI is InChI=1S/C10H10N4O4/c15-8-5-14(7(4-11-8)10(17)18)9(16)6-1-2-12-13-3-6/h1-3,7H,4-5H2,(H,11,15)(H,17,18). The first kappa shape index (κ1) is 12.0. The molecule has 0 aliphatic carbocycles. The second-order valence-corrected chi connectivity index (χ2v) is 3.72. The van der Waals surface area contributed by atoms with Crippen LogP contribution < -0.4 is 5.32 Å². The van der Waals surface area contributed by atoms with E-state index in [2.05, 4.69) is 15.5 Å². The summed E-state index contributed by atoms with van der Waals surface area (Å²) < 4.78 is 0. The third kappa shape index (κ3) is 2.26. The van der Waals surface area contributed by atoms with Crippen LogP contribution in [0.1, 0.15) is 10.4 Å². The lowest BCUT2D eigenvalue weighted by molar-refractivity contribution is -0.144. The van der Waals surface area contributed by atoms with Crippen LogP contribution in [0.3, 0.4) is 0 Å². The molecule has 94 valence electrons. The van der Waals surface area contributed by atoms with Crippen LogP contribution in [0.25, 0.3) is 0 Å². The predicted molar refractivity (Wildman–Crippen MR) is 57.5 cm³/mol. The first-order chi connectivity index (χ1) is 8.59. The van der Waals surface area contributed by atoms with Crippen LogP contribution in [0.4, 0.5) is 0 Å². The minimum atomic E-state index is -1.16. The summed E-state index contributed by atoms with van der Waals surface area (Å²) in [7, 11) is 0. The van der Waals surface area contributed by atoms with Crippen LogP contribution in [0.15, 0.2) is 18.5 Å². The molecule has 1 unspecified atom stereocenters. The zero-order valence-electron chi connectivity index (χ0n) is 9.24. The molecule has 0 radical (unpaired) electrons. The van der Waals surface area contributed by atoms with E-state index in [0.717, 1.165) is 4.90 Å². The van der Waals surface area contributed by atoms with Crippen LogP contribution in [-0.4, -0.2) is 57.1 Å². The number of amides is 2. The maximum atomic E-state index is 12.1. The lowest BCUT2D eigenvalue weighted by Gasteiger charge is -2.32. The molecule has 2 rings (SSSR count). The summed E-state index contributed by atoms with van der Waals surface area (Å²) >= 11 is 0. The Kier molecular flexibility index (Phi) is 3.18. The van der Waals surface area contributed by atoms with Gasteiger partial charge in [0.05, 0.1) is 18.0 Å². The monoisotopic (exact) mass is 250 g/mol. The first-order valence-corrected chi connectivity index (χ1v) is 5.17. The molecule has 1 aliphatic heterocycles. The molecule has 2 heterocycles. The van der Waals surface area contributed by atoms with Gasteiger partial charge in [0.25, 0.3) is 5.91 Å². The molecule has 1 aromatic rings. The van der Waals surface area contributed by atoms with Gasteiger partial charge in [-0.05, 0) is 6.07 Å². The Morgan fingerprint density at radius 2 is 2.22 bits per heavy atom. The van der Waals surface area contributed by atoms with E-state index in [-0.39, 0.29) is 24.6 Å². The predicted octanol–water partition coefficient (Wildman–Crippen LogP) is -1.50. The summed E-state index contributed by atoms with van der Waals surface area (Å²) in [5.74, 6) is -2.10. The Balaban J connectivity index is 2.25. The molecule has 1 saturated heterocycles. The summed E-state index contributed by atoms with van der Waals surface area (Å²) in [6, 6.07) is 0.351. The van der Waals surface area contributed by atoms with Gasteiger partial charge >= 0.3 is 5.97 Å². The van der Waals surface area contributed by atoms with Gasteiger partial charge in [0, 0.05) is 6.54 Å². The molecule has 1 aromatic heterocycles. The molecule has 0 saturated carbocycles. The lowest BCUT2D eigenvalue weighted by atomic mass is 10.1. The number of aliphatic carboxylic acids is 1. The molecular formula is C10H10N4O4. The van der Waals surface area contributed by atoms with Crippen molar-refractivity contribution in [1.82, 2.24) is 20.4 Å². The van der Waals surface area contributed by atoms with Crippen LogP contribution in [0.2, 0.25) is 0 Å². The Labute approximate surface area is 102 Å². The summed E-state index contributed by atoms with van der Waals surface area (Å²) in [4.78, 5) is 35.4. The van der Waals surface area contributed by atoms with Crippen molar-refractivity contribution < 1.29 is 19.5 Å². The molecule has 2 amide bonds. The highest BCUT2D eigenvalue weighted by Gasteiger charge is 2.35. The van der Waals surface area contributed by atoms with Gasteiger partial charge in [0.2, 0.25) is 5.91 Å². The van der Waals surface area contributed by atoms with E-state index >= 15 is 0 Å². The average molecular weight is 250 g/mol. The quantitative estimate of drug-likeness (QED) is 0.660. The second-order valence-electron chi connectivity index (χ2n) is 3.72. The molecule has 8 nitrogen and oxygen atoms in total. The van der Waals surface area contributed by atoms with Crippen molar-refractivity contribution in [2.45, 2.75) is 6.04 Å². The molecule has 2 N–H and O–H groups in total. The van der Waals surface area contributed by atoms with Gasteiger partial charge in [-0.1, -0.05) is 0 Å². The lowest BCUT2D eigenvalue weighted by Crippen LogP contribution is -2.59. The largest absolute Gasteiger partial charge is 0.480 e. The maximum Gasteiger partial charge on any atom is 0.328 e. The fraction of sp³-hybridized carbons (Fsp3) is 0.300. The number of rotatable bonds is 2. The number of carbonyl (C=O) groups is 3. The molecule has 8 heteroatoms. The van der Waals surface area contributed by atoms with Gasteiger partial charge < -0.3 is 15.3 Å². The van der Waals surface area contributed by atoms with E-state index in [1.54, 1.807) is 0 Å². The van der Waals surface area contributed by atoms with Crippen LogP contribution in [0, 0.1) is 0 Å². The van der Waals surface area contributed by atoms with Crippen molar-refractivity contribution in [1.29, 1.82) is 0 Å². The van der Waals surface area contributed by atoms with Crippen LogP contribution in [0.5, 0.6) is 0 Å². The zero-order chi connectivity index (χ0) is 13.1. The van der Waals surface area contributed by atoms with Crippen molar-refractivity contribution in [2.24, 2.45) is 0 Å². The fourth-order valence-corrected chi connectivity index (χ4v) is 1.66. The minimum absolute atomic E-state index is 0.0988. The number of aromatic nitrogens is 2. The second kappa shape index (κ2) is 4.78. The smallest absolute Gasteiger partial charge is 0.328 e. The van der Waals surface area contributed by atoms with Crippen LogP contribution in [-0.2, 0) is 9.59 Å². The van der Waals surface area contributed by atoms with E-state index in [1.165, 1.54) is 18.5 Å². The van der Waals surface area contributed by atoms with Crippen molar-refractivity contribution >= 4 is 17.8 Å². The highest BCUT2D eigenvalue weighted by Crippen LogP contribution is 2.10. The minimum Gasteiger partial charge on any atom is -0.480 e. The number of carboxylic acid groups (broad SMARTS) is 1. The molecule has 18 heavy (non-hydrogen) atoms. The molecule has 0 aromatic carbocycles. The van der Waals surface area contributed by atoms with Crippen molar-refractivity contribution in [3.05, 3.63) is 24.0 Å². The van der Waals surface area contributed by atoms with Gasteiger partial charge in [0.1, 0.15) is 12.6 Å². The highest BCUT2D eigenvalue weighted by molar-refractivity contribution is 5.99. The topological polar surface area (TPSA) is 112 Å². The molecule has 0 spiro atoms. The Hall–Kier alpha value is -2.51. The number of nitrogens with one attached hydrogen (secondary N) is 1. The first-order valence-electron chi connectivity index (χ1n) is 5.17. The van der Waals surface area contributed by atoms with E-state index < -0.39 is 17.9 Å². The molecular weight excluding hydrogens is 240 g/mol. The van der Waals surface area contributed by atoms with Crippen molar-refractivity contribution in [2.75, 3.05) is 13.1 Å². The maximum absolute atomic E-state index is 12.1. The third-order valence-corrected chi connectivity index (χ3v) is 2.56. The normalized spacial score (nSPS) is 19.2. The summed E-state index contributed by atoms with van der Waals surface area (Å²) in [5, 5.41) is 18.5. The number of hydrogen-bond donors (Lipinski definition) is 2. The summed E-state index contributed by atoms with van der Waals surface area (Å²) in [6.07, 6.45) is 2.56. The van der Waals surface area contributed by atoms with Gasteiger partial charge in [-0.2, -0.15) is 10.2 Å². The zero-order valence-corrected chi connectivity index (χ0v) is 9.24. The Morgan fingerprint density at radius 3 is 2.83 bits per heavy atom. The van der Waals surface area contributed by atoms with E-state index in [0.29, 0.717) is 0 Å². The van der Waals surface area contributed by atoms with Crippen molar-refractivity contribution in [3.63, 3.8) is 0 Å². The van der Waals surface area contributed by atoms with Crippen LogP contribution >= 0.6 is 0 Å². The molecule has 1 atom stereocenters. The Morgan fingerprint density at radius 1 is 1.44 bits per heavy atom. The average Bonchev–Trinajstić information content (AvgIpc) is 2.38. The van der Waals surface area contributed by atoms with Crippen molar-refractivity contribution in [3.8, 4) is 0 Å². The number of piperazine rings is 1. The molecule has 1 aliphatic rings. The number of nitrogens with zero attached hydrogens (tertiary/aromatic N) is 3. The van der Waals surface area contributed by atoms with Gasteiger partial charge in [-0.15, -0.1) is 0 Å². The fourth-order valence-electron chi connectivity index (χ4n) is 1.66. The highest BCUT2D eigenvalue weighted by atomic mass is 16.4. The van der Waals surface area contributed by atoms with E-state index in [9.17, 15) is 14.4 Å². The number of carbonyl (C=O) groups excluding carboxylic acids is 2.